The quantitative estimate of drug-likeness (QED) is 0.793. The fraction of sp³-hybridized carbons (Fsp3) is 0.571. The lowest BCUT2D eigenvalue weighted by atomic mass is 9.75. The van der Waals surface area contributed by atoms with Crippen molar-refractivity contribution >= 4 is 5.91 Å². The number of benzene rings is 1. The van der Waals surface area contributed by atoms with Crippen molar-refractivity contribution in [2.75, 3.05) is 13.1 Å². The van der Waals surface area contributed by atoms with E-state index in [9.17, 15) is 4.79 Å². The molecule has 3 aliphatic heterocycles. The van der Waals surface area contributed by atoms with Crippen LogP contribution in [-0.4, -0.2) is 51.0 Å². The van der Waals surface area contributed by atoms with E-state index >= 15 is 0 Å². The summed E-state index contributed by atoms with van der Waals surface area (Å²) in [6, 6.07) is 10.4. The first-order valence-corrected chi connectivity index (χ1v) is 10.2. The summed E-state index contributed by atoms with van der Waals surface area (Å²) in [7, 11) is 0. The van der Waals surface area contributed by atoms with Gasteiger partial charge < -0.3 is 10.1 Å². The van der Waals surface area contributed by atoms with E-state index in [1.165, 1.54) is 0 Å². The Morgan fingerprint density at radius 3 is 2.86 bits per heavy atom. The lowest BCUT2D eigenvalue weighted by molar-refractivity contribution is -0.133. The Morgan fingerprint density at radius 2 is 2.14 bits per heavy atom. The van der Waals surface area contributed by atoms with Crippen LogP contribution in [0.3, 0.4) is 0 Å². The summed E-state index contributed by atoms with van der Waals surface area (Å²) in [5.41, 5.74) is 0.828. The molecule has 28 heavy (non-hydrogen) atoms. The number of fused-ring (bicyclic) bond motifs is 3. The van der Waals surface area contributed by atoms with Gasteiger partial charge in [0.1, 0.15) is 18.1 Å². The van der Waals surface area contributed by atoms with Crippen molar-refractivity contribution in [3.63, 3.8) is 0 Å². The standard InChI is InChI=1S/C21H29N5O2/c1-15(2)22-21(27)20-13-25-9-8-16(20)10-18(25)12-26-11-17(23-24-26)14-28-19-6-4-3-5-7-19/h3-7,11,15-16,18,20H,8-10,12-14H2,1-2H3,(H,22,27)/t16-,18+,20-/m0/s1. The molecule has 1 N–H and O–H groups in total. The fourth-order valence-electron chi connectivity index (χ4n) is 4.40. The molecule has 2 aromatic rings. The average molecular weight is 383 g/mol. The smallest absolute Gasteiger partial charge is 0.224 e. The van der Waals surface area contributed by atoms with Crippen molar-refractivity contribution < 1.29 is 9.53 Å². The summed E-state index contributed by atoms with van der Waals surface area (Å²) >= 11 is 0. The van der Waals surface area contributed by atoms with Gasteiger partial charge in [0, 0.05) is 18.6 Å². The number of hydrogen-bond acceptors (Lipinski definition) is 5. The zero-order chi connectivity index (χ0) is 19.5. The molecule has 3 saturated heterocycles. The highest BCUT2D eigenvalue weighted by Gasteiger charge is 2.43. The third kappa shape index (κ3) is 4.35. The van der Waals surface area contributed by atoms with E-state index in [2.05, 4.69) is 20.5 Å². The van der Waals surface area contributed by atoms with Gasteiger partial charge >= 0.3 is 0 Å². The van der Waals surface area contributed by atoms with Gasteiger partial charge in [0.25, 0.3) is 0 Å². The van der Waals surface area contributed by atoms with Crippen LogP contribution in [0.4, 0.5) is 0 Å². The first-order chi connectivity index (χ1) is 13.6. The van der Waals surface area contributed by atoms with E-state index in [-0.39, 0.29) is 17.9 Å². The number of aromatic nitrogens is 3. The Bertz CT molecular complexity index is 791. The molecule has 0 aliphatic carbocycles. The number of piperidine rings is 3. The number of amides is 1. The molecule has 1 unspecified atom stereocenters. The van der Waals surface area contributed by atoms with Crippen LogP contribution < -0.4 is 10.1 Å². The molecule has 4 atom stereocenters. The molecule has 1 aromatic heterocycles. The van der Waals surface area contributed by atoms with Gasteiger partial charge in [-0.25, -0.2) is 0 Å². The van der Waals surface area contributed by atoms with Crippen LogP contribution >= 0.6 is 0 Å². The van der Waals surface area contributed by atoms with E-state index in [1.807, 2.05) is 55.1 Å². The first-order valence-electron chi connectivity index (χ1n) is 10.2. The predicted molar refractivity (Wildman–Crippen MR) is 106 cm³/mol. The Kier molecular flexibility index (Phi) is 5.62. The number of carbonyl (C=O) groups excluding carboxylic acids is 1. The van der Waals surface area contributed by atoms with Gasteiger partial charge in [-0.2, -0.15) is 0 Å². The van der Waals surface area contributed by atoms with Crippen molar-refractivity contribution in [3.05, 3.63) is 42.2 Å². The van der Waals surface area contributed by atoms with Crippen LogP contribution in [0.15, 0.2) is 36.5 Å². The molecule has 150 valence electrons. The van der Waals surface area contributed by atoms with Crippen LogP contribution in [0.5, 0.6) is 5.75 Å². The topological polar surface area (TPSA) is 72.3 Å². The van der Waals surface area contributed by atoms with E-state index < -0.39 is 0 Å². The predicted octanol–water partition coefficient (Wildman–Crippen LogP) is 2.09. The van der Waals surface area contributed by atoms with Crippen molar-refractivity contribution in [1.29, 1.82) is 0 Å². The fourth-order valence-corrected chi connectivity index (χ4v) is 4.40. The second-order valence-corrected chi connectivity index (χ2v) is 8.24. The third-order valence-corrected chi connectivity index (χ3v) is 5.76. The molecule has 0 saturated carbocycles. The number of nitrogens with one attached hydrogen (secondary N) is 1. The van der Waals surface area contributed by atoms with Gasteiger partial charge in [-0.05, 0) is 51.3 Å². The Balaban J connectivity index is 1.31. The van der Waals surface area contributed by atoms with Crippen molar-refractivity contribution in [2.45, 2.75) is 51.9 Å². The summed E-state index contributed by atoms with van der Waals surface area (Å²) in [6.45, 7) is 7.19. The SMILES string of the molecule is CC(C)NC(=O)[C@H]1CN2CC[C@H]1C[C@@H]2Cn1cc(COc2ccccc2)nn1. The van der Waals surface area contributed by atoms with Crippen molar-refractivity contribution in [1.82, 2.24) is 25.2 Å². The van der Waals surface area contributed by atoms with E-state index in [1.54, 1.807) is 0 Å². The van der Waals surface area contributed by atoms with Gasteiger partial charge in [0.05, 0.1) is 18.7 Å². The molecule has 3 aliphatic rings. The maximum Gasteiger partial charge on any atom is 0.224 e. The number of carbonyl (C=O) groups is 1. The molecule has 0 spiro atoms. The van der Waals surface area contributed by atoms with Crippen LogP contribution in [0.2, 0.25) is 0 Å². The maximum absolute atomic E-state index is 12.5. The summed E-state index contributed by atoms with van der Waals surface area (Å²) in [5.74, 6) is 1.64. The Hall–Kier alpha value is -2.41. The summed E-state index contributed by atoms with van der Waals surface area (Å²) in [6.07, 6.45) is 4.13. The van der Waals surface area contributed by atoms with E-state index in [0.29, 0.717) is 18.6 Å². The Morgan fingerprint density at radius 1 is 1.32 bits per heavy atom. The molecular weight excluding hydrogens is 354 g/mol. The Labute approximate surface area is 166 Å². The molecule has 0 radical (unpaired) electrons. The van der Waals surface area contributed by atoms with Crippen molar-refractivity contribution in [2.24, 2.45) is 11.8 Å². The van der Waals surface area contributed by atoms with Gasteiger partial charge in [0.2, 0.25) is 5.91 Å². The number of rotatable bonds is 7. The summed E-state index contributed by atoms with van der Waals surface area (Å²) in [5, 5.41) is 11.6. The molecular formula is C21H29N5O2. The van der Waals surface area contributed by atoms with Gasteiger partial charge in [-0.15, -0.1) is 5.10 Å². The minimum atomic E-state index is 0.123. The van der Waals surface area contributed by atoms with E-state index in [0.717, 1.165) is 43.9 Å². The molecule has 7 nitrogen and oxygen atoms in total. The first kappa shape index (κ1) is 18.9. The highest BCUT2D eigenvalue weighted by atomic mass is 16.5. The highest BCUT2D eigenvalue weighted by molar-refractivity contribution is 5.79. The van der Waals surface area contributed by atoms with Gasteiger partial charge in [-0.1, -0.05) is 23.4 Å². The number of hydrogen-bond donors (Lipinski definition) is 1. The largest absolute Gasteiger partial charge is 0.487 e. The number of ether oxygens (including phenoxy) is 1. The maximum atomic E-state index is 12.5. The molecule has 1 amide bonds. The molecule has 7 heteroatoms. The molecule has 2 bridgehead atoms. The number of para-hydroxylation sites is 1. The zero-order valence-electron chi connectivity index (χ0n) is 16.6. The second-order valence-electron chi connectivity index (χ2n) is 8.24. The molecule has 4 heterocycles. The van der Waals surface area contributed by atoms with Gasteiger partial charge in [0.15, 0.2) is 0 Å². The van der Waals surface area contributed by atoms with E-state index in [4.69, 9.17) is 4.74 Å². The van der Waals surface area contributed by atoms with Crippen LogP contribution in [-0.2, 0) is 17.9 Å². The summed E-state index contributed by atoms with van der Waals surface area (Å²) in [4.78, 5) is 14.9. The highest BCUT2D eigenvalue weighted by Crippen LogP contribution is 2.37. The molecule has 5 rings (SSSR count). The average Bonchev–Trinajstić information content (AvgIpc) is 3.14. The molecule has 3 fully saturated rings. The lowest BCUT2D eigenvalue weighted by Gasteiger charge is -2.49. The normalized spacial score (nSPS) is 26.4. The minimum absolute atomic E-state index is 0.123. The van der Waals surface area contributed by atoms with Crippen LogP contribution in [0.25, 0.3) is 0 Å². The van der Waals surface area contributed by atoms with Crippen molar-refractivity contribution in [3.8, 4) is 5.75 Å². The monoisotopic (exact) mass is 383 g/mol. The minimum Gasteiger partial charge on any atom is -0.487 e. The molecule has 1 aromatic carbocycles. The van der Waals surface area contributed by atoms with Crippen LogP contribution in [0, 0.1) is 11.8 Å². The lowest BCUT2D eigenvalue weighted by Crippen LogP contribution is -2.58. The summed E-state index contributed by atoms with van der Waals surface area (Å²) < 4.78 is 7.66. The van der Waals surface area contributed by atoms with Gasteiger partial charge in [-0.3, -0.25) is 14.4 Å². The number of nitrogens with zero attached hydrogens (tertiary/aromatic N) is 4. The third-order valence-electron chi connectivity index (χ3n) is 5.76. The van der Waals surface area contributed by atoms with Crippen LogP contribution in [0.1, 0.15) is 32.4 Å². The zero-order valence-corrected chi connectivity index (χ0v) is 16.6. The second kappa shape index (κ2) is 8.31.